The zero-order valence-electron chi connectivity index (χ0n) is 47.2. The average molecular weight is 1090 g/mol. The second kappa shape index (κ2) is 22.1. The van der Waals surface area contributed by atoms with Crippen LogP contribution in [0, 0.1) is 50.2 Å². The molecule has 21 heteroatoms. The molecule has 2 saturated heterocycles. The third kappa shape index (κ3) is 11.3. The van der Waals surface area contributed by atoms with Crippen molar-refractivity contribution in [2.24, 2.45) is 50.2 Å². The fraction of sp³-hybridized carbons (Fsp3) is 0.821. The molecule has 21 nitrogen and oxygen atoms in total. The smallest absolute Gasteiger partial charge is 0.317 e. The molecule has 2 aliphatic heterocycles. The van der Waals surface area contributed by atoms with Crippen LogP contribution < -0.4 is 0 Å². The van der Waals surface area contributed by atoms with Crippen LogP contribution >= 0.6 is 0 Å². The van der Waals surface area contributed by atoms with Gasteiger partial charge in [0.25, 0.3) is 0 Å². The molecule has 7 rings (SSSR count). The SMILES string of the molecule is CC(=O)OCC1O[C@H](O[C@H]2C(COC(C)=O)O[C@H](OC(=O)[C@]34CCC(C)(C)C[C@H]3C3=CC[C@@H]5[C@@]6(C)CC[C@H](O)C(C)(C)[C@@H]6CC[C@@]5(C)[C@]3(C)CC4O)C(OC(C)=O)C2OC(C)=O)C(OC(C)=O)C(OC(C)=O)[C@@H]1OC(C)=O. The van der Waals surface area contributed by atoms with E-state index < -0.39 is 151 Å². The highest BCUT2D eigenvalue weighted by molar-refractivity contribution is 5.80. The van der Waals surface area contributed by atoms with Gasteiger partial charge in [-0.3, -0.25) is 38.4 Å². The predicted molar refractivity (Wildman–Crippen MR) is 266 cm³/mol. The lowest BCUT2D eigenvalue weighted by Crippen LogP contribution is -2.69. The summed E-state index contributed by atoms with van der Waals surface area (Å²) in [5, 5.41) is 24.3. The van der Waals surface area contributed by atoms with Crippen molar-refractivity contribution in [2.45, 2.75) is 228 Å². The van der Waals surface area contributed by atoms with Gasteiger partial charge < -0.3 is 62.3 Å². The van der Waals surface area contributed by atoms with Crippen molar-refractivity contribution in [3.05, 3.63) is 11.6 Å². The van der Waals surface area contributed by atoms with E-state index in [2.05, 4.69) is 54.5 Å². The predicted octanol–water partition coefficient (Wildman–Crippen LogP) is 5.28. The Bertz CT molecular complexity index is 2340. The summed E-state index contributed by atoms with van der Waals surface area (Å²) in [6.07, 6.45) is -11.1. The largest absolute Gasteiger partial charge is 0.463 e. The van der Waals surface area contributed by atoms with E-state index in [0.717, 1.165) is 79.7 Å². The highest BCUT2D eigenvalue weighted by atomic mass is 16.8. The number of rotatable bonds is 13. The van der Waals surface area contributed by atoms with Gasteiger partial charge in [0.2, 0.25) is 12.4 Å². The Morgan fingerprint density at radius 3 is 1.57 bits per heavy atom. The van der Waals surface area contributed by atoms with E-state index in [1.165, 1.54) is 0 Å². The van der Waals surface area contributed by atoms with Crippen LogP contribution in [-0.4, -0.2) is 145 Å². The van der Waals surface area contributed by atoms with Crippen molar-refractivity contribution >= 4 is 47.8 Å². The molecule has 0 aromatic carbocycles. The van der Waals surface area contributed by atoms with E-state index >= 15 is 4.79 Å². The number of fused-ring (bicyclic) bond motifs is 7. The summed E-state index contributed by atoms with van der Waals surface area (Å²) in [6.45, 7) is 21.8. The van der Waals surface area contributed by atoms with Gasteiger partial charge >= 0.3 is 47.8 Å². The van der Waals surface area contributed by atoms with E-state index in [0.29, 0.717) is 19.3 Å². The molecule has 4 saturated carbocycles. The second-order valence-corrected chi connectivity index (χ2v) is 24.9. The van der Waals surface area contributed by atoms with Gasteiger partial charge in [0.05, 0.1) is 12.2 Å². The molecule has 2 heterocycles. The Balaban J connectivity index is 1.29. The van der Waals surface area contributed by atoms with Crippen LogP contribution in [0.2, 0.25) is 0 Å². The van der Waals surface area contributed by atoms with Crippen molar-refractivity contribution < 1.29 is 101 Å². The fourth-order valence-corrected chi connectivity index (χ4v) is 15.5. The highest BCUT2D eigenvalue weighted by Gasteiger charge is 2.72. The topological polar surface area (TPSA) is 279 Å². The number of hydrogen-bond donors (Lipinski definition) is 2. The zero-order chi connectivity index (χ0) is 57.1. The minimum Gasteiger partial charge on any atom is -0.463 e. The van der Waals surface area contributed by atoms with Gasteiger partial charge in [-0.15, -0.1) is 0 Å². The summed E-state index contributed by atoms with van der Waals surface area (Å²) in [6, 6.07) is 0. The van der Waals surface area contributed by atoms with Crippen LogP contribution in [0.4, 0.5) is 0 Å². The molecular weight excluding hydrogens is 1010 g/mol. The second-order valence-electron chi connectivity index (χ2n) is 24.9. The van der Waals surface area contributed by atoms with Gasteiger partial charge in [-0.2, -0.15) is 0 Å². The number of esters is 8. The number of ether oxygens (including phenoxy) is 11. The first-order chi connectivity index (χ1) is 35.7. The summed E-state index contributed by atoms with van der Waals surface area (Å²) in [5.41, 5.74) is -1.94. The molecule has 19 atom stereocenters. The summed E-state index contributed by atoms with van der Waals surface area (Å²) >= 11 is 0. The van der Waals surface area contributed by atoms with Crippen LogP contribution in [0.5, 0.6) is 0 Å². The number of carbonyl (C=O) groups is 8. The molecule has 5 aliphatic carbocycles. The van der Waals surface area contributed by atoms with Crippen LogP contribution in [-0.2, 0) is 90.5 Å². The maximum Gasteiger partial charge on any atom is 0.317 e. The highest BCUT2D eigenvalue weighted by Crippen LogP contribution is 2.76. The van der Waals surface area contributed by atoms with Crippen molar-refractivity contribution in [1.29, 1.82) is 0 Å². The van der Waals surface area contributed by atoms with Crippen molar-refractivity contribution in [3.63, 3.8) is 0 Å². The Labute approximate surface area is 450 Å². The van der Waals surface area contributed by atoms with Crippen molar-refractivity contribution in [3.8, 4) is 0 Å². The molecule has 6 fully saturated rings. The lowest BCUT2D eigenvalue weighted by atomic mass is 9.33. The molecular formula is C56H82O21. The number of aliphatic hydroxyl groups is 2. The van der Waals surface area contributed by atoms with Crippen LogP contribution in [0.3, 0.4) is 0 Å². The first-order valence-corrected chi connectivity index (χ1v) is 27.1. The van der Waals surface area contributed by atoms with Crippen LogP contribution in [0.15, 0.2) is 11.6 Å². The molecule has 0 bridgehead atoms. The molecule has 0 aromatic heterocycles. The van der Waals surface area contributed by atoms with Crippen molar-refractivity contribution in [2.75, 3.05) is 13.2 Å². The quantitative estimate of drug-likeness (QED) is 0.135. The molecule has 7 aliphatic rings. The van der Waals surface area contributed by atoms with E-state index in [9.17, 15) is 43.8 Å². The summed E-state index contributed by atoms with van der Waals surface area (Å²) in [4.78, 5) is 105. The summed E-state index contributed by atoms with van der Waals surface area (Å²) in [7, 11) is 0. The minimum atomic E-state index is -1.92. The Morgan fingerprint density at radius 1 is 0.532 bits per heavy atom. The molecule has 0 amide bonds. The lowest BCUT2D eigenvalue weighted by Gasteiger charge is -2.71. The van der Waals surface area contributed by atoms with Crippen LogP contribution in [0.1, 0.15) is 155 Å². The number of hydrogen-bond acceptors (Lipinski definition) is 21. The first kappa shape index (κ1) is 60.0. The van der Waals surface area contributed by atoms with E-state index in [-0.39, 0.29) is 46.3 Å². The molecule has 7 unspecified atom stereocenters. The number of carbonyl (C=O) groups excluding carboxylic acids is 8. The number of aliphatic hydroxyl groups excluding tert-OH is 2. The Morgan fingerprint density at radius 2 is 1.03 bits per heavy atom. The normalized spacial score (nSPS) is 41.6. The number of allylic oxidation sites excluding steroid dienone is 2. The maximum atomic E-state index is 15.7. The van der Waals surface area contributed by atoms with Gasteiger partial charge in [-0.1, -0.05) is 60.1 Å². The molecule has 0 aromatic rings. The Kier molecular flexibility index (Phi) is 17.2. The van der Waals surface area contributed by atoms with Crippen LogP contribution in [0.25, 0.3) is 0 Å². The fourth-order valence-electron chi connectivity index (χ4n) is 15.5. The van der Waals surface area contributed by atoms with Gasteiger partial charge in [0, 0.05) is 48.5 Å². The third-order valence-corrected chi connectivity index (χ3v) is 19.2. The van der Waals surface area contributed by atoms with Gasteiger partial charge in [0.15, 0.2) is 30.7 Å². The Hall–Kier alpha value is -4.70. The average Bonchev–Trinajstić information content (AvgIpc) is 3.39. The summed E-state index contributed by atoms with van der Waals surface area (Å²) < 4.78 is 64.9. The van der Waals surface area contributed by atoms with Gasteiger partial charge in [-0.05, 0) is 103 Å². The standard InChI is InChI=1S/C56H82O21/c1-27(57)67-25-36-42(69-29(3)59)44(70-30(4)60)46(72-32(6)62)48(74-36)76-43-37(26-68-28(2)58)75-49(47(73-33(7)63)45(43)71-31(5)61)77-50(66)56-22-21-51(8,9)23-35(56)34-15-16-39-53(12)19-18-40(64)52(10,11)38(53)17-20-54(39,13)55(34,14)24-41(56)65/h15,35-49,64-65H,16-26H2,1-14H3/t35-,36?,37?,38-,39+,40-,41?,42+,43-,44?,45?,46?,47?,48+,49+,53-,54+,55+,56+/m0/s1. The lowest BCUT2D eigenvalue weighted by molar-refractivity contribution is -0.359. The van der Waals surface area contributed by atoms with Gasteiger partial charge in [-0.25, -0.2) is 0 Å². The molecule has 0 radical (unpaired) electrons. The summed E-state index contributed by atoms with van der Waals surface area (Å²) in [5.74, 6) is -7.11. The van der Waals surface area contributed by atoms with Crippen molar-refractivity contribution in [1.82, 2.24) is 0 Å². The zero-order valence-corrected chi connectivity index (χ0v) is 47.2. The van der Waals surface area contributed by atoms with E-state index in [4.69, 9.17) is 52.1 Å². The molecule has 0 spiro atoms. The monoisotopic (exact) mass is 1090 g/mol. The molecule has 432 valence electrons. The third-order valence-electron chi connectivity index (χ3n) is 19.2. The molecule has 2 N–H and O–H groups in total. The maximum absolute atomic E-state index is 15.7. The first-order valence-electron chi connectivity index (χ1n) is 27.1. The minimum absolute atomic E-state index is 0.0930. The van der Waals surface area contributed by atoms with Gasteiger partial charge in [0.1, 0.15) is 36.9 Å². The van der Waals surface area contributed by atoms with E-state index in [1.807, 2.05) is 0 Å². The van der Waals surface area contributed by atoms with E-state index in [1.54, 1.807) is 0 Å². The molecule has 77 heavy (non-hydrogen) atoms.